The summed E-state index contributed by atoms with van der Waals surface area (Å²) in [4.78, 5) is 8.14. The molecule has 0 spiro atoms. The Morgan fingerprint density at radius 2 is 2.19 bits per heavy atom. The quantitative estimate of drug-likeness (QED) is 0.511. The highest BCUT2D eigenvalue weighted by Gasteiger charge is 1.95. The zero-order chi connectivity index (χ0) is 11.6. The van der Waals surface area contributed by atoms with Crippen LogP contribution in [0.1, 0.15) is 19.8 Å². The van der Waals surface area contributed by atoms with E-state index in [9.17, 15) is 0 Å². The van der Waals surface area contributed by atoms with E-state index in [1.54, 1.807) is 18.6 Å². The highest BCUT2D eigenvalue weighted by molar-refractivity contribution is 5.29. The summed E-state index contributed by atoms with van der Waals surface area (Å²) in [6.45, 7) is 5.09. The van der Waals surface area contributed by atoms with Crippen molar-refractivity contribution in [2.24, 2.45) is 0 Å². The standard InChI is InChI=1S/C11H21N5/c1-3-15-16(2)9-5-4-6-13-11-10-12-7-8-14-11/h7-8,10,15H,3-6,9H2,1-2H3,(H,13,14). The second-order valence-electron chi connectivity index (χ2n) is 3.66. The van der Waals surface area contributed by atoms with Crippen LogP contribution in [0.2, 0.25) is 0 Å². The van der Waals surface area contributed by atoms with Crippen molar-refractivity contribution in [1.29, 1.82) is 0 Å². The third kappa shape index (κ3) is 5.63. The number of hydrogen-bond acceptors (Lipinski definition) is 5. The van der Waals surface area contributed by atoms with Gasteiger partial charge in [-0.2, -0.15) is 0 Å². The van der Waals surface area contributed by atoms with Crippen molar-refractivity contribution in [3.05, 3.63) is 18.6 Å². The lowest BCUT2D eigenvalue weighted by atomic mass is 10.3. The monoisotopic (exact) mass is 223 g/mol. The van der Waals surface area contributed by atoms with Gasteiger partial charge in [-0.15, -0.1) is 0 Å². The highest BCUT2D eigenvalue weighted by Crippen LogP contribution is 1.98. The molecular weight excluding hydrogens is 202 g/mol. The molecule has 0 aliphatic carbocycles. The predicted octanol–water partition coefficient (Wildman–Crippen LogP) is 1.12. The van der Waals surface area contributed by atoms with Crippen LogP contribution in [0.4, 0.5) is 5.82 Å². The van der Waals surface area contributed by atoms with E-state index < -0.39 is 0 Å². The van der Waals surface area contributed by atoms with Crippen molar-refractivity contribution in [3.8, 4) is 0 Å². The van der Waals surface area contributed by atoms with Gasteiger partial charge in [0.15, 0.2) is 0 Å². The van der Waals surface area contributed by atoms with E-state index in [0.29, 0.717) is 0 Å². The Bertz CT molecular complexity index is 264. The van der Waals surface area contributed by atoms with Crippen LogP contribution < -0.4 is 10.7 Å². The average Bonchev–Trinajstić information content (AvgIpc) is 2.30. The molecule has 0 unspecified atom stereocenters. The Morgan fingerprint density at radius 3 is 2.88 bits per heavy atom. The van der Waals surface area contributed by atoms with Crippen molar-refractivity contribution < 1.29 is 0 Å². The first-order valence-corrected chi connectivity index (χ1v) is 5.77. The molecule has 0 saturated carbocycles. The van der Waals surface area contributed by atoms with Crippen LogP contribution in [0.25, 0.3) is 0 Å². The molecule has 1 rings (SSSR count). The molecule has 0 amide bonds. The number of unbranched alkanes of at least 4 members (excludes halogenated alkanes) is 1. The molecule has 5 heteroatoms. The zero-order valence-electron chi connectivity index (χ0n) is 10.1. The van der Waals surface area contributed by atoms with Crippen molar-refractivity contribution in [1.82, 2.24) is 20.4 Å². The normalized spacial score (nSPS) is 10.7. The Hall–Kier alpha value is -1.20. The Kier molecular flexibility index (Phi) is 6.44. The van der Waals surface area contributed by atoms with Crippen LogP contribution in [0.3, 0.4) is 0 Å². The molecule has 5 nitrogen and oxygen atoms in total. The van der Waals surface area contributed by atoms with Crippen molar-refractivity contribution in [2.75, 3.05) is 32.0 Å². The second-order valence-corrected chi connectivity index (χ2v) is 3.66. The summed E-state index contributed by atoms with van der Waals surface area (Å²) in [5.41, 5.74) is 3.24. The number of nitrogens with one attached hydrogen (secondary N) is 2. The third-order valence-corrected chi connectivity index (χ3v) is 2.22. The molecule has 0 saturated heterocycles. The van der Waals surface area contributed by atoms with E-state index in [-0.39, 0.29) is 0 Å². The fraction of sp³-hybridized carbons (Fsp3) is 0.636. The van der Waals surface area contributed by atoms with Gasteiger partial charge in [0, 0.05) is 39.1 Å². The lowest BCUT2D eigenvalue weighted by Gasteiger charge is -2.16. The molecule has 1 aromatic heterocycles. The van der Waals surface area contributed by atoms with Gasteiger partial charge >= 0.3 is 0 Å². The van der Waals surface area contributed by atoms with E-state index in [1.165, 1.54) is 0 Å². The molecule has 0 atom stereocenters. The lowest BCUT2D eigenvalue weighted by Crippen LogP contribution is -2.34. The summed E-state index contributed by atoms with van der Waals surface area (Å²) >= 11 is 0. The molecule has 2 N–H and O–H groups in total. The van der Waals surface area contributed by atoms with Crippen molar-refractivity contribution >= 4 is 5.82 Å². The second kappa shape index (κ2) is 8.01. The molecule has 90 valence electrons. The number of anilines is 1. The molecule has 1 aromatic rings. The number of hydrazine groups is 1. The minimum Gasteiger partial charge on any atom is -0.369 e. The summed E-state index contributed by atoms with van der Waals surface area (Å²) in [5, 5.41) is 5.37. The van der Waals surface area contributed by atoms with Gasteiger partial charge in [0.05, 0.1) is 6.20 Å². The first-order chi connectivity index (χ1) is 7.83. The number of hydrogen-bond donors (Lipinski definition) is 2. The van der Waals surface area contributed by atoms with Gasteiger partial charge in [0.2, 0.25) is 0 Å². The van der Waals surface area contributed by atoms with Gasteiger partial charge in [-0.1, -0.05) is 6.92 Å². The van der Waals surface area contributed by atoms with Crippen LogP contribution in [0.15, 0.2) is 18.6 Å². The van der Waals surface area contributed by atoms with Crippen molar-refractivity contribution in [2.45, 2.75) is 19.8 Å². The summed E-state index contributed by atoms with van der Waals surface area (Å²) < 4.78 is 0. The molecular formula is C11H21N5. The molecule has 0 radical (unpaired) electrons. The van der Waals surface area contributed by atoms with Gasteiger partial charge in [-0.25, -0.2) is 9.99 Å². The van der Waals surface area contributed by atoms with E-state index in [4.69, 9.17) is 0 Å². The maximum atomic E-state index is 4.14. The first-order valence-electron chi connectivity index (χ1n) is 5.77. The summed E-state index contributed by atoms with van der Waals surface area (Å²) in [6.07, 6.45) is 7.41. The predicted molar refractivity (Wildman–Crippen MR) is 66.1 cm³/mol. The van der Waals surface area contributed by atoms with Crippen LogP contribution in [-0.4, -0.2) is 41.7 Å². The van der Waals surface area contributed by atoms with E-state index in [0.717, 1.165) is 38.3 Å². The Morgan fingerprint density at radius 1 is 1.31 bits per heavy atom. The number of nitrogens with zero attached hydrogens (tertiary/aromatic N) is 3. The molecule has 0 aromatic carbocycles. The largest absolute Gasteiger partial charge is 0.369 e. The molecule has 0 aliphatic heterocycles. The van der Waals surface area contributed by atoms with Gasteiger partial charge in [0.1, 0.15) is 5.82 Å². The fourth-order valence-electron chi connectivity index (χ4n) is 1.43. The Labute approximate surface area is 97.3 Å². The zero-order valence-corrected chi connectivity index (χ0v) is 10.1. The summed E-state index contributed by atoms with van der Waals surface area (Å²) in [6, 6.07) is 0. The van der Waals surface area contributed by atoms with Crippen LogP contribution >= 0.6 is 0 Å². The maximum absolute atomic E-state index is 4.14. The molecule has 0 bridgehead atoms. The Balaban J connectivity index is 2.00. The van der Waals surface area contributed by atoms with Crippen molar-refractivity contribution in [3.63, 3.8) is 0 Å². The van der Waals surface area contributed by atoms with Gasteiger partial charge < -0.3 is 5.32 Å². The minimum atomic E-state index is 0.850. The van der Waals surface area contributed by atoms with Crippen LogP contribution in [0.5, 0.6) is 0 Å². The SMILES string of the molecule is CCNN(C)CCCCNc1cnccn1. The molecule has 16 heavy (non-hydrogen) atoms. The van der Waals surface area contributed by atoms with Gasteiger partial charge in [0.25, 0.3) is 0 Å². The topological polar surface area (TPSA) is 53.1 Å². The van der Waals surface area contributed by atoms with Gasteiger partial charge in [-0.05, 0) is 12.8 Å². The molecule has 0 aliphatic rings. The number of aromatic nitrogens is 2. The lowest BCUT2D eigenvalue weighted by molar-refractivity contribution is 0.237. The average molecular weight is 223 g/mol. The summed E-state index contributed by atoms with van der Waals surface area (Å²) in [7, 11) is 2.07. The number of rotatable bonds is 8. The minimum absolute atomic E-state index is 0.850. The molecule has 1 heterocycles. The third-order valence-electron chi connectivity index (χ3n) is 2.22. The van der Waals surface area contributed by atoms with Crippen LogP contribution in [0, 0.1) is 0 Å². The fourth-order valence-corrected chi connectivity index (χ4v) is 1.43. The van der Waals surface area contributed by atoms with Gasteiger partial charge in [-0.3, -0.25) is 10.4 Å². The highest BCUT2D eigenvalue weighted by atomic mass is 15.5. The van der Waals surface area contributed by atoms with E-state index in [1.807, 2.05) is 0 Å². The first kappa shape index (κ1) is 12.9. The summed E-state index contributed by atoms with van der Waals surface area (Å²) in [5.74, 6) is 0.850. The van der Waals surface area contributed by atoms with E-state index >= 15 is 0 Å². The maximum Gasteiger partial charge on any atom is 0.144 e. The smallest absolute Gasteiger partial charge is 0.144 e. The molecule has 0 fully saturated rings. The van der Waals surface area contributed by atoms with E-state index in [2.05, 4.69) is 39.7 Å². The van der Waals surface area contributed by atoms with Crippen LogP contribution in [-0.2, 0) is 0 Å².